The molecule has 0 saturated carbocycles. The molecule has 1 aliphatic rings. The van der Waals surface area contributed by atoms with Crippen molar-refractivity contribution in [2.45, 2.75) is 32.4 Å². The van der Waals surface area contributed by atoms with E-state index in [1.807, 2.05) is 4.57 Å². The van der Waals surface area contributed by atoms with Crippen molar-refractivity contribution in [3.63, 3.8) is 0 Å². The lowest BCUT2D eigenvalue weighted by Crippen LogP contribution is -2.30. The molecule has 22 heavy (non-hydrogen) atoms. The van der Waals surface area contributed by atoms with Gasteiger partial charge in [0.15, 0.2) is 0 Å². The fraction of sp³-hybridized carbons (Fsp3) is 0.375. The summed E-state index contributed by atoms with van der Waals surface area (Å²) in [5.41, 5.74) is 0.503. The number of hydrogen-bond donors (Lipinski definition) is 0. The second-order valence-corrected chi connectivity index (χ2v) is 5.60. The van der Waals surface area contributed by atoms with Gasteiger partial charge in [0.1, 0.15) is 23.2 Å². The van der Waals surface area contributed by atoms with Gasteiger partial charge in [0, 0.05) is 31.8 Å². The molecule has 6 heteroatoms. The first-order chi connectivity index (χ1) is 10.5. The normalized spacial score (nSPS) is 14.7. The maximum absolute atomic E-state index is 13.9. The van der Waals surface area contributed by atoms with Crippen molar-refractivity contribution >= 4 is 5.91 Å². The number of imidazole rings is 1. The molecule has 1 atom stereocenters. The van der Waals surface area contributed by atoms with Crippen LogP contribution in [0, 0.1) is 11.6 Å². The van der Waals surface area contributed by atoms with Gasteiger partial charge in [0.25, 0.3) is 5.91 Å². The first-order valence-corrected chi connectivity index (χ1v) is 7.25. The summed E-state index contributed by atoms with van der Waals surface area (Å²) in [6.45, 7) is 2.53. The van der Waals surface area contributed by atoms with Crippen LogP contribution in [0.3, 0.4) is 0 Å². The van der Waals surface area contributed by atoms with Crippen LogP contribution in [0.25, 0.3) is 0 Å². The van der Waals surface area contributed by atoms with Crippen LogP contribution in [-0.4, -0.2) is 27.4 Å². The summed E-state index contributed by atoms with van der Waals surface area (Å²) in [5, 5.41) is 0. The van der Waals surface area contributed by atoms with Gasteiger partial charge in [-0.1, -0.05) is 0 Å². The number of carbonyl (C=O) groups excluding carboxylic acids is 1. The Morgan fingerprint density at radius 1 is 1.41 bits per heavy atom. The zero-order valence-corrected chi connectivity index (χ0v) is 12.5. The molecule has 4 nitrogen and oxygen atoms in total. The Hall–Kier alpha value is -2.24. The summed E-state index contributed by atoms with van der Waals surface area (Å²) in [5.74, 6) is -0.439. The van der Waals surface area contributed by atoms with Crippen LogP contribution in [0.1, 0.15) is 41.3 Å². The molecule has 1 aliphatic heterocycles. The van der Waals surface area contributed by atoms with Crippen LogP contribution in [-0.2, 0) is 13.0 Å². The lowest BCUT2D eigenvalue weighted by atomic mass is 10.1. The molecule has 2 heterocycles. The predicted octanol–water partition coefficient (Wildman–Crippen LogP) is 2.94. The molecule has 0 N–H and O–H groups in total. The van der Waals surface area contributed by atoms with Crippen molar-refractivity contribution in [3.05, 3.63) is 53.1 Å². The summed E-state index contributed by atoms with van der Waals surface area (Å²) in [6.07, 6.45) is 3.64. The van der Waals surface area contributed by atoms with Crippen LogP contribution < -0.4 is 0 Å². The lowest BCUT2D eigenvalue weighted by Gasteiger charge is -2.25. The van der Waals surface area contributed by atoms with E-state index in [2.05, 4.69) is 4.98 Å². The topological polar surface area (TPSA) is 38.1 Å². The number of aromatic nitrogens is 2. The molecule has 0 spiro atoms. The molecule has 0 aliphatic carbocycles. The van der Waals surface area contributed by atoms with Gasteiger partial charge in [0.2, 0.25) is 0 Å². The number of hydrogen-bond acceptors (Lipinski definition) is 2. The van der Waals surface area contributed by atoms with Crippen LogP contribution >= 0.6 is 0 Å². The third kappa shape index (κ3) is 2.49. The number of benzene rings is 1. The summed E-state index contributed by atoms with van der Waals surface area (Å²) in [4.78, 5) is 18.2. The van der Waals surface area contributed by atoms with Gasteiger partial charge in [-0.15, -0.1) is 0 Å². The monoisotopic (exact) mass is 305 g/mol. The first-order valence-electron chi connectivity index (χ1n) is 7.25. The third-order valence-electron chi connectivity index (χ3n) is 4.19. The molecule has 3 rings (SSSR count). The van der Waals surface area contributed by atoms with Gasteiger partial charge in [-0.05, 0) is 31.5 Å². The van der Waals surface area contributed by atoms with E-state index in [4.69, 9.17) is 0 Å². The molecule has 0 bridgehead atoms. The summed E-state index contributed by atoms with van der Waals surface area (Å²) >= 11 is 0. The van der Waals surface area contributed by atoms with Crippen LogP contribution in [0.2, 0.25) is 0 Å². The molecule has 116 valence electrons. The van der Waals surface area contributed by atoms with E-state index in [-0.39, 0.29) is 11.5 Å². The van der Waals surface area contributed by atoms with Crippen molar-refractivity contribution in [1.29, 1.82) is 0 Å². The third-order valence-corrected chi connectivity index (χ3v) is 4.19. The Bertz CT molecular complexity index is 705. The molecule has 0 saturated heterocycles. The van der Waals surface area contributed by atoms with Crippen LogP contribution in [0.15, 0.2) is 24.4 Å². The highest BCUT2D eigenvalue weighted by Gasteiger charge is 2.25. The first kappa shape index (κ1) is 14.7. The summed E-state index contributed by atoms with van der Waals surface area (Å²) in [6, 6.07) is 2.68. The average molecular weight is 305 g/mol. The van der Waals surface area contributed by atoms with Crippen LogP contribution in [0.4, 0.5) is 8.78 Å². The van der Waals surface area contributed by atoms with Gasteiger partial charge >= 0.3 is 0 Å². The van der Waals surface area contributed by atoms with E-state index in [9.17, 15) is 13.6 Å². The van der Waals surface area contributed by atoms with Crippen molar-refractivity contribution in [2.24, 2.45) is 0 Å². The van der Waals surface area contributed by atoms with Crippen molar-refractivity contribution < 1.29 is 13.6 Å². The highest BCUT2D eigenvalue weighted by atomic mass is 19.1. The van der Waals surface area contributed by atoms with Crippen molar-refractivity contribution in [3.8, 4) is 0 Å². The molecule has 0 fully saturated rings. The minimum atomic E-state index is -0.584. The minimum absolute atomic E-state index is 0.155. The maximum atomic E-state index is 13.9. The molecule has 1 aromatic heterocycles. The molecular formula is C16H17F2N3O. The number of nitrogens with zero attached hydrogens (tertiary/aromatic N) is 3. The van der Waals surface area contributed by atoms with Gasteiger partial charge in [-0.25, -0.2) is 13.8 Å². The van der Waals surface area contributed by atoms with Gasteiger partial charge in [0.05, 0.1) is 6.04 Å². The fourth-order valence-electron chi connectivity index (χ4n) is 2.76. The van der Waals surface area contributed by atoms with Gasteiger partial charge in [-0.2, -0.15) is 0 Å². The molecular weight excluding hydrogens is 288 g/mol. The Labute approximate surface area is 127 Å². The second kappa shape index (κ2) is 5.51. The number of fused-ring (bicyclic) bond motifs is 1. The summed E-state index contributed by atoms with van der Waals surface area (Å²) < 4.78 is 29.1. The van der Waals surface area contributed by atoms with E-state index in [0.717, 1.165) is 43.4 Å². The van der Waals surface area contributed by atoms with E-state index < -0.39 is 17.7 Å². The smallest absolute Gasteiger partial charge is 0.274 e. The molecule has 1 unspecified atom stereocenters. The number of amides is 1. The largest absolute Gasteiger partial charge is 0.334 e. The highest BCUT2D eigenvalue weighted by molar-refractivity contribution is 5.92. The number of rotatable bonds is 3. The lowest BCUT2D eigenvalue weighted by molar-refractivity contribution is 0.0734. The van der Waals surface area contributed by atoms with E-state index in [1.165, 1.54) is 4.90 Å². The zero-order valence-electron chi connectivity index (χ0n) is 12.5. The van der Waals surface area contributed by atoms with E-state index in [0.29, 0.717) is 5.69 Å². The minimum Gasteiger partial charge on any atom is -0.334 e. The highest BCUT2D eigenvalue weighted by Crippen LogP contribution is 2.24. The molecule has 1 aromatic carbocycles. The van der Waals surface area contributed by atoms with Crippen molar-refractivity contribution in [1.82, 2.24) is 14.5 Å². The van der Waals surface area contributed by atoms with Crippen molar-refractivity contribution in [2.75, 3.05) is 7.05 Å². The Morgan fingerprint density at radius 3 is 2.91 bits per heavy atom. The SMILES string of the molecule is CC(c1cc(F)ccc1F)N(C)C(=O)c1cn2c(n1)CCC2. The number of carbonyl (C=O) groups is 1. The fourth-order valence-corrected chi connectivity index (χ4v) is 2.76. The van der Waals surface area contributed by atoms with Gasteiger partial charge < -0.3 is 9.47 Å². The van der Waals surface area contributed by atoms with E-state index >= 15 is 0 Å². The number of halogens is 2. The Kier molecular flexibility index (Phi) is 3.68. The maximum Gasteiger partial charge on any atom is 0.274 e. The van der Waals surface area contributed by atoms with Crippen LogP contribution in [0.5, 0.6) is 0 Å². The van der Waals surface area contributed by atoms with Gasteiger partial charge in [-0.3, -0.25) is 4.79 Å². The Morgan fingerprint density at radius 2 is 2.18 bits per heavy atom. The zero-order chi connectivity index (χ0) is 15.9. The van der Waals surface area contributed by atoms with E-state index in [1.54, 1.807) is 20.2 Å². The quantitative estimate of drug-likeness (QED) is 0.874. The standard InChI is InChI=1S/C16H17F2N3O/c1-10(12-8-11(17)5-6-13(12)18)20(2)16(22)14-9-21-7-3-4-15(21)19-14/h5-6,8-10H,3-4,7H2,1-2H3. The Balaban J connectivity index is 1.84. The number of aryl methyl sites for hydroxylation is 2. The summed E-state index contributed by atoms with van der Waals surface area (Å²) in [7, 11) is 1.57. The predicted molar refractivity (Wildman–Crippen MR) is 77.4 cm³/mol. The average Bonchev–Trinajstić information content (AvgIpc) is 3.08. The molecule has 0 radical (unpaired) electrons. The second-order valence-electron chi connectivity index (χ2n) is 5.60. The molecule has 2 aromatic rings. The molecule has 1 amide bonds.